The van der Waals surface area contributed by atoms with Crippen LogP contribution in [0.1, 0.15) is 47.4 Å². The molecular weight excluding hydrogens is 368 g/mol. The first-order valence-electron chi connectivity index (χ1n) is 9.69. The van der Waals surface area contributed by atoms with Crippen LogP contribution in [-0.2, 0) is 16.3 Å². The number of benzene rings is 3. The molecule has 0 aliphatic heterocycles. The van der Waals surface area contributed by atoms with Gasteiger partial charge in [-0.2, -0.15) is 0 Å². The molecule has 0 bridgehead atoms. The zero-order valence-electron chi connectivity index (χ0n) is 15.9. The quantitative estimate of drug-likeness (QED) is 0.676. The van der Waals surface area contributed by atoms with Gasteiger partial charge in [0.15, 0.2) is 9.84 Å². The van der Waals surface area contributed by atoms with E-state index in [0.717, 1.165) is 18.4 Å². The molecule has 28 heavy (non-hydrogen) atoms. The number of aromatic hydroxyl groups is 1. The van der Waals surface area contributed by atoms with Crippen molar-refractivity contribution < 1.29 is 13.5 Å². The largest absolute Gasteiger partial charge is 0.508 e. The van der Waals surface area contributed by atoms with Gasteiger partial charge in [-0.3, -0.25) is 0 Å². The van der Waals surface area contributed by atoms with E-state index in [-0.39, 0.29) is 11.7 Å². The van der Waals surface area contributed by atoms with Gasteiger partial charge in [0, 0.05) is 5.92 Å². The number of hydrogen-bond donors (Lipinski definition) is 1. The van der Waals surface area contributed by atoms with E-state index in [2.05, 4.69) is 24.3 Å². The van der Waals surface area contributed by atoms with Crippen LogP contribution < -0.4 is 0 Å². The summed E-state index contributed by atoms with van der Waals surface area (Å²) in [6.45, 7) is 1.67. The van der Waals surface area contributed by atoms with Crippen molar-refractivity contribution in [1.29, 1.82) is 0 Å². The maximum Gasteiger partial charge on any atom is 0.178 e. The van der Waals surface area contributed by atoms with Crippen molar-refractivity contribution in [1.82, 2.24) is 0 Å². The number of aryl methyl sites for hydroxylation is 1. The fourth-order valence-corrected chi connectivity index (χ4v) is 5.21. The molecule has 0 saturated carbocycles. The van der Waals surface area contributed by atoms with Gasteiger partial charge >= 0.3 is 0 Å². The Labute approximate surface area is 166 Å². The molecule has 0 heterocycles. The monoisotopic (exact) mass is 392 g/mol. The number of sulfone groups is 1. The second-order valence-corrected chi connectivity index (χ2v) is 9.67. The van der Waals surface area contributed by atoms with Gasteiger partial charge in [-0.1, -0.05) is 55.5 Å². The molecule has 0 radical (unpaired) electrons. The fraction of sp³-hybridized carbons (Fsp3) is 0.250. The van der Waals surface area contributed by atoms with Crippen molar-refractivity contribution in [2.45, 2.75) is 36.5 Å². The lowest BCUT2D eigenvalue weighted by atomic mass is 9.69. The van der Waals surface area contributed by atoms with Crippen molar-refractivity contribution in [2.24, 2.45) is 0 Å². The molecule has 1 aliphatic rings. The normalized spacial score (nSPS) is 19.2. The average Bonchev–Trinajstić information content (AvgIpc) is 2.73. The number of phenols is 1. The third kappa shape index (κ3) is 3.45. The van der Waals surface area contributed by atoms with Gasteiger partial charge in [0.1, 0.15) is 5.75 Å². The Morgan fingerprint density at radius 3 is 2.32 bits per heavy atom. The van der Waals surface area contributed by atoms with Crippen LogP contribution in [0, 0.1) is 0 Å². The maximum absolute atomic E-state index is 12.2. The lowest BCUT2D eigenvalue weighted by molar-refractivity contribution is 0.469. The highest BCUT2D eigenvalue weighted by atomic mass is 32.2. The van der Waals surface area contributed by atoms with Crippen LogP contribution in [-0.4, -0.2) is 19.3 Å². The third-order valence-electron chi connectivity index (χ3n) is 5.79. The van der Waals surface area contributed by atoms with Crippen LogP contribution in [0.5, 0.6) is 5.75 Å². The van der Waals surface area contributed by atoms with Crippen molar-refractivity contribution in [3.63, 3.8) is 0 Å². The molecule has 1 aliphatic carbocycles. The third-order valence-corrected chi connectivity index (χ3v) is 7.55. The van der Waals surface area contributed by atoms with Gasteiger partial charge in [-0.05, 0) is 65.3 Å². The second-order valence-electron chi connectivity index (χ2n) is 7.39. The SMILES string of the molecule is CCS(=O)(=O)c1ccc(C2c3ccc(O)cc3CCC2c2ccccc2)cc1. The highest BCUT2D eigenvalue weighted by Crippen LogP contribution is 2.46. The topological polar surface area (TPSA) is 54.4 Å². The summed E-state index contributed by atoms with van der Waals surface area (Å²) < 4.78 is 24.4. The summed E-state index contributed by atoms with van der Waals surface area (Å²) in [6.07, 6.45) is 1.90. The molecule has 3 nitrogen and oxygen atoms in total. The number of fused-ring (bicyclic) bond motifs is 1. The molecular formula is C24H24O3S. The van der Waals surface area contributed by atoms with Crippen molar-refractivity contribution in [2.75, 3.05) is 5.75 Å². The Bertz CT molecular complexity index is 1070. The minimum absolute atomic E-state index is 0.102. The predicted octanol–water partition coefficient (Wildman–Crippen LogP) is 5.05. The van der Waals surface area contributed by atoms with Crippen LogP contribution in [0.2, 0.25) is 0 Å². The minimum Gasteiger partial charge on any atom is -0.508 e. The Kier molecular flexibility index (Phi) is 4.98. The first kappa shape index (κ1) is 18.8. The summed E-state index contributed by atoms with van der Waals surface area (Å²) in [7, 11) is -3.21. The number of phenolic OH excluding ortho intramolecular Hbond substituents is 1. The lowest BCUT2D eigenvalue weighted by Gasteiger charge is -2.35. The first-order chi connectivity index (χ1) is 13.5. The van der Waals surface area contributed by atoms with E-state index in [1.165, 1.54) is 16.7 Å². The molecule has 2 unspecified atom stereocenters. The molecule has 3 aromatic rings. The van der Waals surface area contributed by atoms with Crippen molar-refractivity contribution >= 4 is 9.84 Å². The Morgan fingerprint density at radius 1 is 0.929 bits per heavy atom. The van der Waals surface area contributed by atoms with Gasteiger partial charge in [-0.15, -0.1) is 0 Å². The van der Waals surface area contributed by atoms with Crippen LogP contribution in [0.25, 0.3) is 0 Å². The smallest absolute Gasteiger partial charge is 0.178 e. The van der Waals surface area contributed by atoms with E-state index in [1.807, 2.05) is 30.3 Å². The minimum atomic E-state index is -3.21. The Hall–Kier alpha value is -2.59. The van der Waals surface area contributed by atoms with Crippen molar-refractivity contribution in [3.8, 4) is 5.75 Å². The van der Waals surface area contributed by atoms with E-state index < -0.39 is 9.84 Å². The molecule has 0 spiro atoms. The first-order valence-corrected chi connectivity index (χ1v) is 11.3. The van der Waals surface area contributed by atoms with Crippen molar-refractivity contribution in [3.05, 3.63) is 95.1 Å². The molecule has 0 fully saturated rings. The Morgan fingerprint density at radius 2 is 1.64 bits per heavy atom. The molecule has 0 saturated heterocycles. The van der Waals surface area contributed by atoms with Gasteiger partial charge in [0.2, 0.25) is 0 Å². The molecule has 4 heteroatoms. The predicted molar refractivity (Wildman–Crippen MR) is 112 cm³/mol. The molecule has 144 valence electrons. The second kappa shape index (κ2) is 7.44. The lowest BCUT2D eigenvalue weighted by Crippen LogP contribution is -2.20. The van der Waals surface area contributed by atoms with E-state index >= 15 is 0 Å². The highest BCUT2D eigenvalue weighted by molar-refractivity contribution is 7.91. The summed E-state index contributed by atoms with van der Waals surface area (Å²) in [4.78, 5) is 0.372. The van der Waals surface area contributed by atoms with E-state index in [1.54, 1.807) is 25.1 Å². The summed E-state index contributed by atoms with van der Waals surface area (Å²) in [5, 5.41) is 9.91. The van der Waals surface area contributed by atoms with E-state index in [0.29, 0.717) is 16.6 Å². The van der Waals surface area contributed by atoms with Crippen LogP contribution in [0.3, 0.4) is 0 Å². The zero-order chi connectivity index (χ0) is 19.7. The highest BCUT2D eigenvalue weighted by Gasteiger charge is 2.32. The maximum atomic E-state index is 12.2. The van der Waals surface area contributed by atoms with Gasteiger partial charge in [-0.25, -0.2) is 8.42 Å². The average molecular weight is 393 g/mol. The molecule has 0 amide bonds. The van der Waals surface area contributed by atoms with Crippen LogP contribution in [0.4, 0.5) is 0 Å². The van der Waals surface area contributed by atoms with E-state index in [9.17, 15) is 13.5 Å². The van der Waals surface area contributed by atoms with Gasteiger partial charge < -0.3 is 5.11 Å². The standard InChI is InChI=1S/C24H24O3S/c1-2-28(26,27)21-12-8-18(9-13-21)24-22(17-6-4-3-5-7-17)14-10-19-16-20(25)11-15-23(19)24/h3-9,11-13,15-16,22,24-25H,2,10,14H2,1H3. The number of rotatable bonds is 4. The fourth-order valence-electron chi connectivity index (χ4n) is 4.33. The van der Waals surface area contributed by atoms with Gasteiger partial charge in [0.25, 0.3) is 0 Å². The van der Waals surface area contributed by atoms with Crippen LogP contribution >= 0.6 is 0 Å². The zero-order valence-corrected chi connectivity index (χ0v) is 16.7. The molecule has 3 aromatic carbocycles. The van der Waals surface area contributed by atoms with Gasteiger partial charge in [0.05, 0.1) is 10.6 Å². The summed E-state index contributed by atoms with van der Waals surface area (Å²) in [5.74, 6) is 0.835. The molecule has 0 aromatic heterocycles. The summed E-state index contributed by atoms with van der Waals surface area (Å²) in [6, 6.07) is 23.5. The molecule has 2 atom stereocenters. The Balaban J connectivity index is 1.82. The number of hydrogen-bond acceptors (Lipinski definition) is 3. The van der Waals surface area contributed by atoms with Crippen LogP contribution in [0.15, 0.2) is 77.7 Å². The summed E-state index contributed by atoms with van der Waals surface area (Å²) >= 11 is 0. The summed E-state index contributed by atoms with van der Waals surface area (Å²) in [5.41, 5.74) is 4.78. The van der Waals surface area contributed by atoms with E-state index in [4.69, 9.17) is 0 Å². The molecule has 1 N–H and O–H groups in total. The molecule has 4 rings (SSSR count).